The van der Waals surface area contributed by atoms with Gasteiger partial charge in [-0.25, -0.2) is 0 Å². The van der Waals surface area contributed by atoms with Crippen LogP contribution in [0.25, 0.3) is 0 Å². The minimum Gasteiger partial charge on any atom is -0.0715 e. The smallest absolute Gasteiger partial charge is 0.0715 e. The van der Waals surface area contributed by atoms with Crippen molar-refractivity contribution in [1.82, 2.24) is 0 Å². The van der Waals surface area contributed by atoms with E-state index in [2.05, 4.69) is 52.8 Å². The van der Waals surface area contributed by atoms with Crippen molar-refractivity contribution in [2.45, 2.75) is 42.3 Å². The molecule has 0 atom stereocenters. The van der Waals surface area contributed by atoms with Crippen molar-refractivity contribution in [3.8, 4) is 0 Å². The molecular weight excluding hydrogens is 396 g/mol. The molecule has 0 N–H and O–H groups in total. The molecule has 4 saturated carbocycles. The molecule has 0 aromatic carbocycles. The molecule has 4 fully saturated rings. The fourth-order valence-corrected chi connectivity index (χ4v) is 7.55. The number of rotatable bonds is 2. The van der Waals surface area contributed by atoms with Gasteiger partial charge >= 0.3 is 0 Å². The summed E-state index contributed by atoms with van der Waals surface area (Å²) in [6, 6.07) is 0. The zero-order valence-electron chi connectivity index (χ0n) is 9.26. The van der Waals surface area contributed by atoms with Gasteiger partial charge in [0.15, 0.2) is 0 Å². The van der Waals surface area contributed by atoms with Crippen LogP contribution in [0.3, 0.4) is 0 Å². The van der Waals surface area contributed by atoms with Gasteiger partial charge in [0.05, 0.1) is 3.74 Å². The normalized spacial score (nSPS) is 46.8. The first kappa shape index (κ1) is 12.2. The molecule has 0 aromatic rings. The lowest BCUT2D eigenvalue weighted by Gasteiger charge is -2.58. The SMILES string of the molecule is BrC=C(C(Br)Br)C12CC3CC(CC(C3)C1)C2. The zero-order valence-corrected chi connectivity index (χ0v) is 14.0. The summed E-state index contributed by atoms with van der Waals surface area (Å²) in [5, 5.41) is 0. The molecule has 4 aliphatic rings. The van der Waals surface area contributed by atoms with E-state index in [0.29, 0.717) is 9.15 Å². The summed E-state index contributed by atoms with van der Waals surface area (Å²) in [7, 11) is 0. The summed E-state index contributed by atoms with van der Waals surface area (Å²) in [6.07, 6.45) is 8.86. The minimum atomic E-state index is 0.343. The van der Waals surface area contributed by atoms with Gasteiger partial charge in [-0.3, -0.25) is 0 Å². The largest absolute Gasteiger partial charge is 0.0920 e. The fraction of sp³-hybridized carbons (Fsp3) is 0.846. The van der Waals surface area contributed by atoms with E-state index < -0.39 is 0 Å². The third-order valence-electron chi connectivity index (χ3n) is 5.00. The molecule has 0 unspecified atom stereocenters. The zero-order chi connectivity index (χ0) is 11.3. The Kier molecular flexibility index (Phi) is 3.35. The second-order valence-electron chi connectivity index (χ2n) is 6.06. The van der Waals surface area contributed by atoms with Crippen molar-refractivity contribution in [1.29, 1.82) is 0 Å². The van der Waals surface area contributed by atoms with Gasteiger partial charge in [-0.15, -0.1) is 0 Å². The standard InChI is InChI=1S/C13H17Br3/c14-7-11(12(15)16)13-4-8-1-9(5-13)3-10(2-8)6-13/h7-10,12H,1-6H2. The van der Waals surface area contributed by atoms with E-state index in [1.54, 1.807) is 5.57 Å². The van der Waals surface area contributed by atoms with Gasteiger partial charge in [0.2, 0.25) is 0 Å². The van der Waals surface area contributed by atoms with E-state index in [0.717, 1.165) is 17.8 Å². The van der Waals surface area contributed by atoms with Crippen LogP contribution in [0, 0.1) is 23.2 Å². The predicted octanol–water partition coefficient (Wildman–Crippen LogP) is 5.60. The summed E-state index contributed by atoms with van der Waals surface area (Å²) in [4.78, 5) is 2.17. The van der Waals surface area contributed by atoms with Gasteiger partial charge in [-0.2, -0.15) is 0 Å². The van der Waals surface area contributed by atoms with Crippen molar-refractivity contribution in [3.05, 3.63) is 10.6 Å². The number of hydrogen-bond acceptors (Lipinski definition) is 0. The molecule has 0 heterocycles. The maximum absolute atomic E-state index is 3.71. The Hall–Kier alpha value is 1.18. The average molecular weight is 413 g/mol. The van der Waals surface area contributed by atoms with Crippen LogP contribution in [-0.4, -0.2) is 3.74 Å². The van der Waals surface area contributed by atoms with Crippen LogP contribution in [0.5, 0.6) is 0 Å². The number of allylic oxidation sites excluding steroid dienone is 1. The van der Waals surface area contributed by atoms with E-state index in [1.165, 1.54) is 38.5 Å². The monoisotopic (exact) mass is 410 g/mol. The summed E-state index contributed by atoms with van der Waals surface area (Å²) < 4.78 is 0.343. The van der Waals surface area contributed by atoms with E-state index in [1.807, 2.05) is 0 Å². The Morgan fingerprint density at radius 2 is 1.44 bits per heavy atom. The quantitative estimate of drug-likeness (QED) is 0.518. The number of alkyl halides is 2. The number of halogens is 3. The predicted molar refractivity (Wildman–Crippen MR) is 79.3 cm³/mol. The Balaban J connectivity index is 1.93. The lowest BCUT2D eigenvalue weighted by atomic mass is 9.48. The highest BCUT2D eigenvalue weighted by molar-refractivity contribution is 9.24. The topological polar surface area (TPSA) is 0 Å². The first-order valence-corrected chi connectivity index (χ1v) is 8.96. The lowest BCUT2D eigenvalue weighted by Crippen LogP contribution is -2.47. The van der Waals surface area contributed by atoms with Crippen LogP contribution in [0.2, 0.25) is 0 Å². The van der Waals surface area contributed by atoms with Crippen LogP contribution in [0.15, 0.2) is 10.6 Å². The van der Waals surface area contributed by atoms with Gasteiger partial charge in [-0.05, 0) is 72.3 Å². The maximum Gasteiger partial charge on any atom is 0.0920 e. The Morgan fingerprint density at radius 1 is 1.00 bits per heavy atom. The molecule has 0 aromatic heterocycles. The fourth-order valence-electron chi connectivity index (χ4n) is 4.86. The Morgan fingerprint density at radius 3 is 1.75 bits per heavy atom. The summed E-state index contributed by atoms with van der Waals surface area (Å²) >= 11 is 11.0. The molecular formula is C13H17Br3. The molecule has 4 aliphatic carbocycles. The molecule has 4 rings (SSSR count). The molecule has 16 heavy (non-hydrogen) atoms. The Labute approximate surface area is 123 Å². The van der Waals surface area contributed by atoms with Crippen molar-refractivity contribution < 1.29 is 0 Å². The minimum absolute atomic E-state index is 0.343. The van der Waals surface area contributed by atoms with Gasteiger partial charge in [0.1, 0.15) is 0 Å². The molecule has 0 amide bonds. The van der Waals surface area contributed by atoms with Gasteiger partial charge in [0.25, 0.3) is 0 Å². The molecule has 0 aliphatic heterocycles. The third-order valence-corrected chi connectivity index (χ3v) is 6.48. The molecule has 0 radical (unpaired) electrons. The van der Waals surface area contributed by atoms with Crippen molar-refractivity contribution in [2.75, 3.05) is 0 Å². The molecule has 3 heteroatoms. The average Bonchev–Trinajstić information content (AvgIpc) is 2.14. The van der Waals surface area contributed by atoms with Crippen molar-refractivity contribution in [3.63, 3.8) is 0 Å². The van der Waals surface area contributed by atoms with E-state index in [-0.39, 0.29) is 0 Å². The summed E-state index contributed by atoms with van der Waals surface area (Å²) in [5.41, 5.74) is 2.06. The van der Waals surface area contributed by atoms with Crippen LogP contribution in [0.1, 0.15) is 38.5 Å². The lowest BCUT2D eigenvalue weighted by molar-refractivity contribution is -0.0302. The van der Waals surface area contributed by atoms with Gasteiger partial charge in [0, 0.05) is 0 Å². The third kappa shape index (κ3) is 1.89. The van der Waals surface area contributed by atoms with Crippen LogP contribution in [-0.2, 0) is 0 Å². The van der Waals surface area contributed by atoms with Crippen LogP contribution < -0.4 is 0 Å². The second kappa shape index (κ2) is 4.38. The van der Waals surface area contributed by atoms with Crippen molar-refractivity contribution in [2.24, 2.45) is 23.2 Å². The molecule has 0 spiro atoms. The summed E-state index contributed by atoms with van der Waals surface area (Å²) in [5.74, 6) is 3.06. The molecule has 90 valence electrons. The second-order valence-corrected chi connectivity index (χ2v) is 9.58. The van der Waals surface area contributed by atoms with Gasteiger partial charge in [-0.1, -0.05) is 47.8 Å². The highest BCUT2D eigenvalue weighted by atomic mass is 79.9. The van der Waals surface area contributed by atoms with Crippen LogP contribution in [0.4, 0.5) is 0 Å². The van der Waals surface area contributed by atoms with E-state index in [4.69, 9.17) is 0 Å². The first-order valence-electron chi connectivity index (χ1n) is 6.22. The van der Waals surface area contributed by atoms with E-state index in [9.17, 15) is 0 Å². The van der Waals surface area contributed by atoms with Crippen molar-refractivity contribution >= 4 is 47.8 Å². The van der Waals surface area contributed by atoms with E-state index >= 15 is 0 Å². The first-order chi connectivity index (χ1) is 7.63. The maximum atomic E-state index is 3.71. The highest BCUT2D eigenvalue weighted by Crippen LogP contribution is 2.63. The number of hydrogen-bond donors (Lipinski definition) is 0. The highest BCUT2D eigenvalue weighted by Gasteiger charge is 2.52. The summed E-state index contributed by atoms with van der Waals surface area (Å²) in [6.45, 7) is 0. The Bertz CT molecular complexity index is 284. The van der Waals surface area contributed by atoms with Gasteiger partial charge < -0.3 is 0 Å². The molecule has 0 saturated heterocycles. The van der Waals surface area contributed by atoms with Crippen LogP contribution >= 0.6 is 47.8 Å². The molecule has 0 nitrogen and oxygen atoms in total. The molecule has 4 bridgehead atoms.